The molecule has 1 amide bonds. The summed E-state index contributed by atoms with van der Waals surface area (Å²) in [7, 11) is 5.16. The average Bonchev–Trinajstić information content (AvgIpc) is 2.52. The summed E-state index contributed by atoms with van der Waals surface area (Å²) >= 11 is 0. The molecule has 0 saturated heterocycles. The number of carbonyl (C=O) groups excluding carboxylic acids is 1. The number of nitrogens with zero attached hydrogens (tertiary/aromatic N) is 2. The van der Waals surface area contributed by atoms with Crippen molar-refractivity contribution in [2.75, 3.05) is 34.3 Å². The lowest BCUT2D eigenvalue weighted by molar-refractivity contribution is -0.128. The first-order chi connectivity index (χ1) is 10.6. The topological polar surface area (TPSA) is 66.0 Å². The van der Waals surface area contributed by atoms with Crippen LogP contribution in [0.4, 0.5) is 0 Å². The standard InChI is InChI=1S/C16H26N4O2.HI/c1-5-17-16(18-10-9-15(21)20(2)3)19-12-13-7-6-8-14(11-13)22-4;/h6-8,11H,5,9-10,12H2,1-4H3,(H2,17,18,19);1H. The van der Waals surface area contributed by atoms with Crippen molar-refractivity contribution in [2.24, 2.45) is 4.99 Å². The fourth-order valence-corrected chi connectivity index (χ4v) is 1.79. The highest BCUT2D eigenvalue weighted by atomic mass is 127. The first kappa shape index (κ1) is 21.5. The van der Waals surface area contributed by atoms with Gasteiger partial charge in [-0.15, -0.1) is 24.0 Å². The first-order valence-corrected chi connectivity index (χ1v) is 7.42. The van der Waals surface area contributed by atoms with Crippen LogP contribution in [-0.2, 0) is 11.3 Å². The number of rotatable bonds is 7. The van der Waals surface area contributed by atoms with E-state index in [4.69, 9.17) is 4.74 Å². The maximum Gasteiger partial charge on any atom is 0.223 e. The summed E-state index contributed by atoms with van der Waals surface area (Å²) in [6.45, 7) is 3.88. The minimum Gasteiger partial charge on any atom is -0.497 e. The molecule has 0 atom stereocenters. The van der Waals surface area contributed by atoms with Gasteiger partial charge in [-0.3, -0.25) is 4.79 Å². The number of nitrogens with one attached hydrogen (secondary N) is 2. The molecule has 0 fully saturated rings. The van der Waals surface area contributed by atoms with Crippen molar-refractivity contribution in [3.63, 3.8) is 0 Å². The van der Waals surface area contributed by atoms with Gasteiger partial charge in [0.2, 0.25) is 5.91 Å². The van der Waals surface area contributed by atoms with Gasteiger partial charge in [0.25, 0.3) is 0 Å². The van der Waals surface area contributed by atoms with Gasteiger partial charge >= 0.3 is 0 Å². The largest absolute Gasteiger partial charge is 0.497 e. The van der Waals surface area contributed by atoms with Gasteiger partial charge in [-0.05, 0) is 24.6 Å². The Kier molecular flexibility index (Phi) is 11.2. The molecule has 0 aliphatic rings. The van der Waals surface area contributed by atoms with Crippen LogP contribution < -0.4 is 15.4 Å². The summed E-state index contributed by atoms with van der Waals surface area (Å²) < 4.78 is 5.20. The third-order valence-electron chi connectivity index (χ3n) is 3.03. The lowest BCUT2D eigenvalue weighted by Gasteiger charge is -2.13. The maximum atomic E-state index is 11.5. The van der Waals surface area contributed by atoms with Gasteiger partial charge in [-0.25, -0.2) is 4.99 Å². The molecule has 0 spiro atoms. The molecular formula is C16H27IN4O2. The zero-order chi connectivity index (χ0) is 16.4. The molecule has 0 unspecified atom stereocenters. The van der Waals surface area contributed by atoms with Crippen LogP contribution in [-0.4, -0.2) is 51.1 Å². The molecular weight excluding hydrogens is 407 g/mol. The van der Waals surface area contributed by atoms with Crippen LogP contribution in [0.5, 0.6) is 5.75 Å². The van der Waals surface area contributed by atoms with Crippen molar-refractivity contribution in [1.82, 2.24) is 15.5 Å². The van der Waals surface area contributed by atoms with Crippen molar-refractivity contribution in [3.05, 3.63) is 29.8 Å². The zero-order valence-electron chi connectivity index (χ0n) is 14.3. The summed E-state index contributed by atoms with van der Waals surface area (Å²) in [5, 5.41) is 6.33. The van der Waals surface area contributed by atoms with Crippen LogP contribution in [0.15, 0.2) is 29.3 Å². The SMILES string of the molecule is CCNC(=NCc1cccc(OC)c1)NCCC(=O)N(C)C.I. The third-order valence-corrected chi connectivity index (χ3v) is 3.03. The minimum absolute atomic E-state index is 0. The number of carbonyl (C=O) groups is 1. The van der Waals surface area contributed by atoms with E-state index in [1.807, 2.05) is 31.2 Å². The third kappa shape index (κ3) is 8.63. The van der Waals surface area contributed by atoms with Gasteiger partial charge < -0.3 is 20.3 Å². The normalized spacial score (nSPS) is 10.5. The molecule has 7 heteroatoms. The molecule has 0 aromatic heterocycles. The van der Waals surface area contributed by atoms with Crippen LogP contribution in [0, 0.1) is 0 Å². The number of amides is 1. The van der Waals surface area contributed by atoms with Gasteiger partial charge in [0.1, 0.15) is 5.75 Å². The van der Waals surface area contributed by atoms with Crippen molar-refractivity contribution in [1.29, 1.82) is 0 Å². The van der Waals surface area contributed by atoms with Crippen LogP contribution >= 0.6 is 24.0 Å². The van der Waals surface area contributed by atoms with Gasteiger partial charge in [-0.2, -0.15) is 0 Å². The Morgan fingerprint density at radius 3 is 2.65 bits per heavy atom. The molecule has 1 aromatic rings. The molecule has 0 aliphatic carbocycles. The highest BCUT2D eigenvalue weighted by molar-refractivity contribution is 14.0. The molecule has 130 valence electrons. The summed E-state index contributed by atoms with van der Waals surface area (Å²) in [4.78, 5) is 17.6. The number of halogens is 1. The molecule has 6 nitrogen and oxygen atoms in total. The monoisotopic (exact) mass is 434 g/mol. The van der Waals surface area contributed by atoms with E-state index in [9.17, 15) is 4.79 Å². The predicted molar refractivity (Wildman–Crippen MR) is 105 cm³/mol. The van der Waals surface area contributed by atoms with Gasteiger partial charge in [-0.1, -0.05) is 12.1 Å². The molecule has 0 aliphatic heterocycles. The van der Waals surface area contributed by atoms with Crippen molar-refractivity contribution in [2.45, 2.75) is 19.9 Å². The number of ether oxygens (including phenoxy) is 1. The smallest absolute Gasteiger partial charge is 0.223 e. The second kappa shape index (κ2) is 12.0. The molecule has 1 aromatic carbocycles. The van der Waals surface area contributed by atoms with E-state index in [0.29, 0.717) is 25.5 Å². The van der Waals surface area contributed by atoms with Crippen LogP contribution in [0.1, 0.15) is 18.9 Å². The number of methoxy groups -OCH3 is 1. The first-order valence-electron chi connectivity index (χ1n) is 7.42. The van der Waals surface area contributed by atoms with Crippen molar-refractivity contribution >= 4 is 35.8 Å². The van der Waals surface area contributed by atoms with Gasteiger partial charge in [0.05, 0.1) is 13.7 Å². The summed E-state index contributed by atoms with van der Waals surface area (Å²) in [6.07, 6.45) is 0.441. The number of benzene rings is 1. The fraction of sp³-hybridized carbons (Fsp3) is 0.500. The number of hydrogen-bond donors (Lipinski definition) is 2. The second-order valence-electron chi connectivity index (χ2n) is 5.01. The van der Waals surface area contributed by atoms with Crippen molar-refractivity contribution < 1.29 is 9.53 Å². The summed E-state index contributed by atoms with van der Waals surface area (Å²) in [5.41, 5.74) is 1.07. The lowest BCUT2D eigenvalue weighted by atomic mass is 10.2. The van der Waals surface area contributed by atoms with E-state index >= 15 is 0 Å². The summed E-state index contributed by atoms with van der Waals surface area (Å²) in [5.74, 6) is 1.62. The second-order valence-corrected chi connectivity index (χ2v) is 5.01. The zero-order valence-corrected chi connectivity index (χ0v) is 16.6. The predicted octanol–water partition coefficient (Wildman–Crippen LogP) is 1.85. The number of aliphatic imine (C=N–C) groups is 1. The highest BCUT2D eigenvalue weighted by Gasteiger charge is 2.04. The van der Waals surface area contributed by atoms with E-state index in [1.54, 1.807) is 26.1 Å². The Bertz CT molecular complexity index is 507. The fourth-order valence-electron chi connectivity index (χ4n) is 1.79. The molecule has 23 heavy (non-hydrogen) atoms. The Hall–Kier alpha value is -1.51. The van der Waals surface area contributed by atoms with E-state index in [-0.39, 0.29) is 29.9 Å². The molecule has 1 rings (SSSR count). The van der Waals surface area contributed by atoms with Crippen LogP contribution in [0.3, 0.4) is 0 Å². The Labute approximate surface area is 155 Å². The van der Waals surface area contributed by atoms with E-state index in [2.05, 4.69) is 15.6 Å². The van der Waals surface area contributed by atoms with Crippen molar-refractivity contribution in [3.8, 4) is 5.75 Å². The van der Waals surface area contributed by atoms with E-state index < -0.39 is 0 Å². The maximum absolute atomic E-state index is 11.5. The minimum atomic E-state index is 0. The van der Waals surface area contributed by atoms with Gasteiger partial charge in [0.15, 0.2) is 5.96 Å². The molecule has 0 radical (unpaired) electrons. The number of hydrogen-bond acceptors (Lipinski definition) is 3. The average molecular weight is 434 g/mol. The Morgan fingerprint density at radius 2 is 2.04 bits per heavy atom. The highest BCUT2D eigenvalue weighted by Crippen LogP contribution is 2.13. The Balaban J connectivity index is 0.00000484. The molecule has 2 N–H and O–H groups in total. The van der Waals surface area contributed by atoms with E-state index in [1.165, 1.54) is 0 Å². The lowest BCUT2D eigenvalue weighted by Crippen LogP contribution is -2.39. The summed E-state index contributed by atoms with van der Waals surface area (Å²) in [6, 6.07) is 7.82. The number of guanidine groups is 1. The molecule has 0 heterocycles. The van der Waals surface area contributed by atoms with Crippen LogP contribution in [0.2, 0.25) is 0 Å². The quantitative estimate of drug-likeness (QED) is 0.391. The van der Waals surface area contributed by atoms with E-state index in [0.717, 1.165) is 17.9 Å². The Morgan fingerprint density at radius 1 is 1.30 bits per heavy atom. The van der Waals surface area contributed by atoms with Crippen LogP contribution in [0.25, 0.3) is 0 Å². The van der Waals surface area contributed by atoms with Gasteiger partial charge in [0, 0.05) is 33.6 Å². The molecule has 0 bridgehead atoms. The molecule has 0 saturated carbocycles.